The summed E-state index contributed by atoms with van der Waals surface area (Å²) in [5.41, 5.74) is -4.36. The average molecular weight is 266 g/mol. The van der Waals surface area contributed by atoms with Gasteiger partial charge in [0.2, 0.25) is 0 Å². The van der Waals surface area contributed by atoms with Gasteiger partial charge in [-0.1, -0.05) is 12.1 Å². The Balaban J connectivity index is 2.49. The highest BCUT2D eigenvalue weighted by Gasteiger charge is 2.27. The number of thioether (sulfide) groups is 1. The third-order valence-corrected chi connectivity index (χ3v) is 2.42. The lowest BCUT2D eigenvalue weighted by Crippen LogP contribution is -2.09. The Morgan fingerprint density at radius 2 is 2.00 bits per heavy atom. The first-order valence-corrected chi connectivity index (χ1v) is 5.54. The summed E-state index contributed by atoms with van der Waals surface area (Å²) in [5.74, 6) is -1.39. The van der Waals surface area contributed by atoms with Crippen molar-refractivity contribution in [2.45, 2.75) is 5.51 Å². The minimum absolute atomic E-state index is 0.0653. The molecule has 0 aromatic heterocycles. The molecule has 0 aliphatic heterocycles. The number of aromatic carboxylic acids is 1. The molecule has 0 amide bonds. The van der Waals surface area contributed by atoms with E-state index in [0.717, 1.165) is 0 Å². The number of carboxylic acid groups (broad SMARTS) is 1. The molecule has 0 unspecified atom stereocenters. The van der Waals surface area contributed by atoms with Crippen LogP contribution in [0.15, 0.2) is 24.3 Å². The van der Waals surface area contributed by atoms with Crippen molar-refractivity contribution in [3.8, 4) is 5.75 Å². The molecule has 17 heavy (non-hydrogen) atoms. The second-order valence-electron chi connectivity index (χ2n) is 2.94. The molecule has 3 nitrogen and oxygen atoms in total. The lowest BCUT2D eigenvalue weighted by molar-refractivity contribution is -0.0329. The standard InChI is InChI=1S/C10H9F3O3S/c11-10(12,13)17-6-5-16-8-4-2-1-3-7(8)9(14)15/h1-4H,5-6H2,(H,14,15). The van der Waals surface area contributed by atoms with Gasteiger partial charge < -0.3 is 9.84 Å². The zero-order chi connectivity index (χ0) is 12.9. The molecule has 7 heteroatoms. The summed E-state index contributed by atoms with van der Waals surface area (Å²) >= 11 is -0.205. The van der Waals surface area contributed by atoms with Gasteiger partial charge in [-0.25, -0.2) is 4.79 Å². The zero-order valence-electron chi connectivity index (χ0n) is 8.53. The normalized spacial score (nSPS) is 11.2. The average Bonchev–Trinajstić information content (AvgIpc) is 2.23. The summed E-state index contributed by atoms with van der Waals surface area (Å²) in [6, 6.07) is 5.80. The number of hydrogen-bond donors (Lipinski definition) is 1. The first-order chi connectivity index (χ1) is 7.90. The van der Waals surface area contributed by atoms with Crippen molar-refractivity contribution in [3.05, 3.63) is 29.8 Å². The van der Waals surface area contributed by atoms with E-state index in [2.05, 4.69) is 0 Å². The van der Waals surface area contributed by atoms with Gasteiger partial charge in [-0.05, 0) is 23.9 Å². The smallest absolute Gasteiger partial charge is 0.441 e. The number of para-hydroxylation sites is 1. The highest BCUT2D eigenvalue weighted by atomic mass is 32.2. The largest absolute Gasteiger partial charge is 0.492 e. The number of benzene rings is 1. The van der Waals surface area contributed by atoms with E-state index in [0.29, 0.717) is 0 Å². The highest BCUT2D eigenvalue weighted by molar-refractivity contribution is 8.00. The van der Waals surface area contributed by atoms with Gasteiger partial charge in [-0.3, -0.25) is 0 Å². The molecule has 0 saturated heterocycles. The van der Waals surface area contributed by atoms with Crippen LogP contribution in [0.1, 0.15) is 10.4 Å². The molecule has 0 aliphatic rings. The van der Waals surface area contributed by atoms with E-state index in [-0.39, 0.29) is 35.4 Å². The molecule has 1 aromatic rings. The second-order valence-corrected chi connectivity index (χ2v) is 4.10. The van der Waals surface area contributed by atoms with Crippen molar-refractivity contribution in [1.29, 1.82) is 0 Å². The molecule has 0 saturated carbocycles. The Kier molecular flexibility index (Phi) is 4.68. The number of ether oxygens (including phenoxy) is 1. The van der Waals surface area contributed by atoms with Gasteiger partial charge in [0.1, 0.15) is 11.3 Å². The van der Waals surface area contributed by atoms with Gasteiger partial charge in [-0.2, -0.15) is 13.2 Å². The summed E-state index contributed by atoms with van der Waals surface area (Å²) in [5, 5.41) is 8.79. The number of alkyl halides is 3. The molecule has 0 bridgehead atoms. The Hall–Kier alpha value is -1.37. The van der Waals surface area contributed by atoms with Crippen molar-refractivity contribution >= 4 is 17.7 Å². The summed E-state index contributed by atoms with van der Waals surface area (Å²) < 4.78 is 40.4. The predicted molar refractivity (Wildman–Crippen MR) is 57.4 cm³/mol. The fraction of sp³-hybridized carbons (Fsp3) is 0.300. The molecular formula is C10H9F3O3S. The van der Waals surface area contributed by atoms with E-state index in [1.807, 2.05) is 0 Å². The SMILES string of the molecule is O=C(O)c1ccccc1OCCSC(F)(F)F. The molecule has 0 fully saturated rings. The summed E-state index contributed by atoms with van der Waals surface area (Å²) in [7, 11) is 0. The van der Waals surface area contributed by atoms with Crippen LogP contribution in [0.4, 0.5) is 13.2 Å². The lowest BCUT2D eigenvalue weighted by atomic mass is 10.2. The van der Waals surface area contributed by atoms with Crippen LogP contribution in [0.2, 0.25) is 0 Å². The molecule has 0 heterocycles. The van der Waals surface area contributed by atoms with E-state index in [4.69, 9.17) is 9.84 Å². The van der Waals surface area contributed by atoms with Gasteiger partial charge in [0.25, 0.3) is 0 Å². The molecular weight excluding hydrogens is 257 g/mol. The molecule has 1 N–H and O–H groups in total. The Morgan fingerprint density at radius 3 is 2.59 bits per heavy atom. The van der Waals surface area contributed by atoms with Crippen LogP contribution >= 0.6 is 11.8 Å². The Bertz CT molecular complexity index is 393. The van der Waals surface area contributed by atoms with Crippen molar-refractivity contribution in [2.75, 3.05) is 12.4 Å². The van der Waals surface area contributed by atoms with Crippen LogP contribution in [0.3, 0.4) is 0 Å². The van der Waals surface area contributed by atoms with Crippen LogP contribution < -0.4 is 4.74 Å². The predicted octanol–water partition coefficient (Wildman–Crippen LogP) is 3.02. The Labute approximate surface area is 99.6 Å². The number of carboxylic acids is 1. The third kappa shape index (κ3) is 4.99. The van der Waals surface area contributed by atoms with E-state index in [1.54, 1.807) is 6.07 Å². The summed E-state index contributed by atoms with van der Waals surface area (Å²) in [4.78, 5) is 10.7. The fourth-order valence-electron chi connectivity index (χ4n) is 1.08. The van der Waals surface area contributed by atoms with E-state index in [1.165, 1.54) is 18.2 Å². The summed E-state index contributed by atoms with van der Waals surface area (Å²) in [6.07, 6.45) is 0. The monoisotopic (exact) mass is 266 g/mol. The number of carbonyl (C=O) groups is 1. The van der Waals surface area contributed by atoms with Crippen LogP contribution in [0, 0.1) is 0 Å². The quantitative estimate of drug-likeness (QED) is 0.832. The second kappa shape index (κ2) is 5.81. The fourth-order valence-corrected chi connectivity index (χ4v) is 1.48. The maximum Gasteiger partial charge on any atom is 0.441 e. The van der Waals surface area contributed by atoms with E-state index >= 15 is 0 Å². The Morgan fingerprint density at radius 1 is 1.35 bits per heavy atom. The minimum atomic E-state index is -4.30. The first kappa shape index (κ1) is 13.7. The molecule has 94 valence electrons. The van der Waals surface area contributed by atoms with Crippen molar-refractivity contribution in [2.24, 2.45) is 0 Å². The van der Waals surface area contributed by atoms with E-state index in [9.17, 15) is 18.0 Å². The number of halogens is 3. The molecule has 0 radical (unpaired) electrons. The highest BCUT2D eigenvalue weighted by Crippen LogP contribution is 2.30. The number of rotatable bonds is 5. The van der Waals surface area contributed by atoms with Crippen LogP contribution in [0.25, 0.3) is 0 Å². The number of hydrogen-bond acceptors (Lipinski definition) is 3. The maximum atomic E-state index is 11.8. The topological polar surface area (TPSA) is 46.5 Å². The summed E-state index contributed by atoms with van der Waals surface area (Å²) in [6.45, 7) is -0.200. The van der Waals surface area contributed by atoms with Gasteiger partial charge in [-0.15, -0.1) is 0 Å². The van der Waals surface area contributed by atoms with Crippen LogP contribution in [-0.4, -0.2) is 28.9 Å². The third-order valence-electron chi connectivity index (χ3n) is 1.72. The van der Waals surface area contributed by atoms with Gasteiger partial charge >= 0.3 is 11.5 Å². The molecule has 1 aromatic carbocycles. The minimum Gasteiger partial charge on any atom is -0.492 e. The molecule has 0 spiro atoms. The van der Waals surface area contributed by atoms with Gasteiger partial charge in [0.15, 0.2) is 0 Å². The van der Waals surface area contributed by atoms with Crippen LogP contribution in [0.5, 0.6) is 5.75 Å². The van der Waals surface area contributed by atoms with Crippen molar-refractivity contribution in [3.63, 3.8) is 0 Å². The zero-order valence-corrected chi connectivity index (χ0v) is 9.35. The maximum absolute atomic E-state index is 11.8. The molecule has 0 aliphatic carbocycles. The van der Waals surface area contributed by atoms with Crippen molar-refractivity contribution in [1.82, 2.24) is 0 Å². The van der Waals surface area contributed by atoms with E-state index < -0.39 is 11.5 Å². The van der Waals surface area contributed by atoms with Gasteiger partial charge in [0, 0.05) is 5.75 Å². The van der Waals surface area contributed by atoms with Gasteiger partial charge in [0.05, 0.1) is 6.61 Å². The van der Waals surface area contributed by atoms with Crippen molar-refractivity contribution < 1.29 is 27.8 Å². The first-order valence-electron chi connectivity index (χ1n) is 4.56. The molecule has 0 atom stereocenters. The van der Waals surface area contributed by atoms with Crippen LogP contribution in [-0.2, 0) is 0 Å². The molecule has 1 rings (SSSR count). The lowest BCUT2D eigenvalue weighted by Gasteiger charge is -2.09.